The van der Waals surface area contributed by atoms with E-state index in [9.17, 15) is 4.79 Å². The number of guanidine groups is 1. The number of aliphatic imine (C=N–C) groups is 1. The van der Waals surface area contributed by atoms with E-state index < -0.39 is 0 Å². The minimum Gasteiger partial charge on any atom is -0.459 e. The SMILES string of the molecule is CCNC(=NCCCNC(=O)c1occc1C)N1CCc2ccccc21. The number of anilines is 1. The molecule has 26 heavy (non-hydrogen) atoms. The van der Waals surface area contributed by atoms with Crippen molar-refractivity contribution in [3.05, 3.63) is 53.5 Å². The van der Waals surface area contributed by atoms with Crippen LogP contribution in [-0.2, 0) is 6.42 Å². The molecule has 3 rings (SSSR count). The van der Waals surface area contributed by atoms with Crippen LogP contribution in [0.1, 0.15) is 35.0 Å². The molecule has 2 N–H and O–H groups in total. The van der Waals surface area contributed by atoms with Crippen molar-refractivity contribution in [1.82, 2.24) is 10.6 Å². The quantitative estimate of drug-likeness (QED) is 0.475. The summed E-state index contributed by atoms with van der Waals surface area (Å²) in [4.78, 5) is 19.0. The van der Waals surface area contributed by atoms with E-state index in [0.717, 1.165) is 37.5 Å². The van der Waals surface area contributed by atoms with Crippen molar-refractivity contribution in [2.75, 3.05) is 31.1 Å². The normalized spacial score (nSPS) is 13.6. The third-order valence-corrected chi connectivity index (χ3v) is 4.43. The number of carbonyl (C=O) groups is 1. The molecule has 0 atom stereocenters. The largest absolute Gasteiger partial charge is 0.459 e. The highest BCUT2D eigenvalue weighted by Gasteiger charge is 2.22. The van der Waals surface area contributed by atoms with Crippen molar-refractivity contribution in [3.63, 3.8) is 0 Å². The molecule has 0 saturated heterocycles. The van der Waals surface area contributed by atoms with Crippen LogP contribution in [0.2, 0.25) is 0 Å². The molecule has 6 heteroatoms. The first-order valence-corrected chi connectivity index (χ1v) is 9.16. The van der Waals surface area contributed by atoms with Crippen LogP contribution in [-0.4, -0.2) is 38.0 Å². The Balaban J connectivity index is 1.52. The van der Waals surface area contributed by atoms with Gasteiger partial charge in [-0.2, -0.15) is 0 Å². The van der Waals surface area contributed by atoms with E-state index in [0.29, 0.717) is 18.8 Å². The van der Waals surface area contributed by atoms with Crippen LogP contribution in [0.3, 0.4) is 0 Å². The smallest absolute Gasteiger partial charge is 0.287 e. The number of fused-ring (bicyclic) bond motifs is 1. The Kier molecular flexibility index (Phi) is 5.94. The number of amides is 1. The van der Waals surface area contributed by atoms with E-state index in [4.69, 9.17) is 9.41 Å². The molecule has 1 aromatic heterocycles. The Hall–Kier alpha value is -2.76. The van der Waals surface area contributed by atoms with Gasteiger partial charge < -0.3 is 20.0 Å². The molecule has 0 aliphatic carbocycles. The lowest BCUT2D eigenvalue weighted by Gasteiger charge is -2.22. The van der Waals surface area contributed by atoms with Gasteiger partial charge in [-0.05, 0) is 44.4 Å². The highest BCUT2D eigenvalue weighted by atomic mass is 16.3. The van der Waals surface area contributed by atoms with Gasteiger partial charge in [0.2, 0.25) is 0 Å². The number of furan rings is 1. The lowest BCUT2D eigenvalue weighted by atomic mass is 10.2. The van der Waals surface area contributed by atoms with Crippen LogP contribution in [0.5, 0.6) is 0 Å². The standard InChI is InChI=1S/C20H26N4O2/c1-3-21-20(24-13-9-16-7-4-5-8-17(16)24)23-12-6-11-22-19(25)18-15(2)10-14-26-18/h4-5,7-8,10,14H,3,6,9,11-13H2,1-2H3,(H,21,23)(H,22,25). The monoisotopic (exact) mass is 354 g/mol. The lowest BCUT2D eigenvalue weighted by Crippen LogP contribution is -2.40. The maximum absolute atomic E-state index is 12.0. The molecule has 1 aromatic carbocycles. The Morgan fingerprint density at radius 3 is 2.88 bits per heavy atom. The Morgan fingerprint density at radius 2 is 2.12 bits per heavy atom. The number of nitrogens with zero attached hydrogens (tertiary/aromatic N) is 2. The zero-order chi connectivity index (χ0) is 18.4. The van der Waals surface area contributed by atoms with Gasteiger partial charge in [-0.25, -0.2) is 0 Å². The molecule has 0 unspecified atom stereocenters. The molecule has 6 nitrogen and oxygen atoms in total. The van der Waals surface area contributed by atoms with Crippen LogP contribution in [0, 0.1) is 6.92 Å². The van der Waals surface area contributed by atoms with E-state index in [1.165, 1.54) is 17.5 Å². The van der Waals surface area contributed by atoms with Gasteiger partial charge in [0.1, 0.15) is 0 Å². The van der Waals surface area contributed by atoms with Gasteiger partial charge in [0.05, 0.1) is 6.26 Å². The topological polar surface area (TPSA) is 69.9 Å². The second-order valence-corrected chi connectivity index (χ2v) is 6.31. The van der Waals surface area contributed by atoms with E-state index in [1.54, 1.807) is 6.07 Å². The highest BCUT2D eigenvalue weighted by Crippen LogP contribution is 2.27. The minimum atomic E-state index is -0.170. The molecule has 0 fully saturated rings. The van der Waals surface area contributed by atoms with Crippen molar-refractivity contribution >= 4 is 17.6 Å². The lowest BCUT2D eigenvalue weighted by molar-refractivity contribution is 0.0925. The summed E-state index contributed by atoms with van der Waals surface area (Å²) < 4.78 is 5.20. The van der Waals surface area contributed by atoms with E-state index in [-0.39, 0.29) is 5.91 Å². The Morgan fingerprint density at radius 1 is 1.27 bits per heavy atom. The number of hydrogen-bond acceptors (Lipinski definition) is 3. The predicted octanol–water partition coefficient (Wildman–Crippen LogP) is 2.74. The van der Waals surface area contributed by atoms with Crippen molar-refractivity contribution < 1.29 is 9.21 Å². The summed E-state index contributed by atoms with van der Waals surface area (Å²) in [6.07, 6.45) is 3.35. The molecule has 1 aliphatic heterocycles. The second kappa shape index (κ2) is 8.56. The number of rotatable bonds is 6. The van der Waals surface area contributed by atoms with Crippen LogP contribution in [0.4, 0.5) is 5.69 Å². The molecule has 0 bridgehead atoms. The zero-order valence-electron chi connectivity index (χ0n) is 15.4. The summed E-state index contributed by atoms with van der Waals surface area (Å²) in [6, 6.07) is 10.2. The number of aryl methyl sites for hydroxylation is 1. The zero-order valence-corrected chi connectivity index (χ0v) is 15.4. The fourth-order valence-electron chi connectivity index (χ4n) is 3.10. The Labute approximate surface area is 154 Å². The number of para-hydroxylation sites is 1. The van der Waals surface area contributed by atoms with Crippen molar-refractivity contribution in [2.45, 2.75) is 26.7 Å². The minimum absolute atomic E-state index is 0.170. The van der Waals surface area contributed by atoms with E-state index >= 15 is 0 Å². The summed E-state index contributed by atoms with van der Waals surface area (Å²) >= 11 is 0. The number of carbonyl (C=O) groups excluding carboxylic acids is 1. The molecule has 0 radical (unpaired) electrons. The molecule has 1 amide bonds. The van der Waals surface area contributed by atoms with Gasteiger partial charge >= 0.3 is 0 Å². The fraction of sp³-hybridized carbons (Fsp3) is 0.400. The molecule has 2 aromatic rings. The predicted molar refractivity (Wildman–Crippen MR) is 104 cm³/mol. The van der Waals surface area contributed by atoms with Gasteiger partial charge in [0.15, 0.2) is 11.7 Å². The average Bonchev–Trinajstić information content (AvgIpc) is 3.26. The van der Waals surface area contributed by atoms with E-state index in [1.807, 2.05) is 6.92 Å². The van der Waals surface area contributed by atoms with Gasteiger partial charge in [-0.3, -0.25) is 9.79 Å². The van der Waals surface area contributed by atoms with Crippen LogP contribution in [0.15, 0.2) is 46.0 Å². The van der Waals surface area contributed by atoms with Gasteiger partial charge in [0.25, 0.3) is 5.91 Å². The van der Waals surface area contributed by atoms with E-state index in [2.05, 4.69) is 46.7 Å². The summed E-state index contributed by atoms with van der Waals surface area (Å²) in [7, 11) is 0. The van der Waals surface area contributed by atoms with Crippen LogP contribution < -0.4 is 15.5 Å². The molecule has 0 saturated carbocycles. The summed E-state index contributed by atoms with van der Waals surface area (Å²) in [6.45, 7) is 6.92. The van der Waals surface area contributed by atoms with Gasteiger partial charge in [0, 0.05) is 37.4 Å². The van der Waals surface area contributed by atoms with Gasteiger partial charge in [-0.15, -0.1) is 0 Å². The Bertz CT molecular complexity index is 782. The number of nitrogens with one attached hydrogen (secondary N) is 2. The molecule has 138 valence electrons. The maximum atomic E-state index is 12.0. The average molecular weight is 354 g/mol. The first-order valence-electron chi connectivity index (χ1n) is 9.16. The third-order valence-electron chi connectivity index (χ3n) is 4.43. The summed E-state index contributed by atoms with van der Waals surface area (Å²) in [5.74, 6) is 1.12. The molecule has 0 spiro atoms. The number of hydrogen-bond donors (Lipinski definition) is 2. The van der Waals surface area contributed by atoms with Crippen molar-refractivity contribution in [2.24, 2.45) is 4.99 Å². The molecular weight excluding hydrogens is 328 g/mol. The first-order chi connectivity index (χ1) is 12.7. The van der Waals surface area contributed by atoms with Gasteiger partial charge in [-0.1, -0.05) is 18.2 Å². The van der Waals surface area contributed by atoms with Crippen molar-refractivity contribution in [3.8, 4) is 0 Å². The highest BCUT2D eigenvalue weighted by molar-refractivity contribution is 5.98. The third kappa shape index (κ3) is 4.07. The maximum Gasteiger partial charge on any atom is 0.287 e. The molecule has 2 heterocycles. The fourth-order valence-corrected chi connectivity index (χ4v) is 3.10. The van der Waals surface area contributed by atoms with Crippen LogP contribution >= 0.6 is 0 Å². The van der Waals surface area contributed by atoms with Crippen LogP contribution in [0.25, 0.3) is 0 Å². The second-order valence-electron chi connectivity index (χ2n) is 6.31. The molecule has 1 aliphatic rings. The number of benzene rings is 1. The molecular formula is C20H26N4O2. The van der Waals surface area contributed by atoms with Crippen molar-refractivity contribution in [1.29, 1.82) is 0 Å². The summed E-state index contributed by atoms with van der Waals surface area (Å²) in [5, 5.41) is 6.25. The first kappa shape index (κ1) is 18.0. The summed E-state index contributed by atoms with van der Waals surface area (Å²) in [5.41, 5.74) is 3.44.